The summed E-state index contributed by atoms with van der Waals surface area (Å²) >= 11 is 0. The van der Waals surface area contributed by atoms with E-state index in [1.54, 1.807) is 0 Å². The van der Waals surface area contributed by atoms with Crippen molar-refractivity contribution in [1.29, 1.82) is 5.41 Å². The number of aromatic nitrogens is 3. The third kappa shape index (κ3) is 2.71. The Kier molecular flexibility index (Phi) is 4.30. The van der Waals surface area contributed by atoms with Gasteiger partial charge in [-0.2, -0.15) is 14.8 Å². The maximum absolute atomic E-state index is 9.01. The summed E-state index contributed by atoms with van der Waals surface area (Å²) in [6.07, 6.45) is 3.25. The number of nitrogens with zero attached hydrogens (tertiary/aromatic N) is 4. The van der Waals surface area contributed by atoms with Gasteiger partial charge >= 0.3 is 0 Å². The average Bonchev–Trinajstić information content (AvgIpc) is 3.28. The van der Waals surface area contributed by atoms with Gasteiger partial charge in [0.25, 0.3) is 5.95 Å². The summed E-state index contributed by atoms with van der Waals surface area (Å²) in [5.41, 5.74) is 0. The molecule has 1 aliphatic rings. The lowest BCUT2D eigenvalue weighted by Gasteiger charge is -2.32. The number of rotatable bonds is 3. The van der Waals surface area contributed by atoms with Crippen LogP contribution in [0.4, 0.5) is 5.95 Å². The molecule has 1 aromatic heterocycles. The fraction of sp³-hybridized carbons (Fsp3) is 0. The first-order valence-corrected chi connectivity index (χ1v) is 11.1. The molecule has 0 saturated carbocycles. The zero-order valence-electron chi connectivity index (χ0n) is 15.6. The zero-order chi connectivity index (χ0) is 19.7. The molecule has 0 spiro atoms. The van der Waals surface area contributed by atoms with Crippen molar-refractivity contribution in [1.82, 2.24) is 14.8 Å². The second kappa shape index (κ2) is 7.12. The molecule has 2 heterocycles. The zero-order valence-corrected chi connectivity index (χ0v) is 16.4. The van der Waals surface area contributed by atoms with Crippen LogP contribution in [-0.2, 0) is 0 Å². The second-order valence-corrected chi connectivity index (χ2v) is 10.0. The first-order chi connectivity index (χ1) is 14.3. The van der Waals surface area contributed by atoms with E-state index in [-0.39, 0.29) is 0 Å². The van der Waals surface area contributed by atoms with Gasteiger partial charge in [-0.1, -0.05) is 91.0 Å². The van der Waals surface area contributed by atoms with Gasteiger partial charge in [0.2, 0.25) is 0 Å². The van der Waals surface area contributed by atoms with Crippen LogP contribution in [0.5, 0.6) is 0 Å². The summed E-state index contributed by atoms with van der Waals surface area (Å²) < 4.78 is 1.51. The van der Waals surface area contributed by atoms with Crippen molar-refractivity contribution in [3.8, 4) is 0 Å². The van der Waals surface area contributed by atoms with Crippen molar-refractivity contribution in [2.24, 2.45) is 4.99 Å². The van der Waals surface area contributed by atoms with Crippen LogP contribution in [0.25, 0.3) is 0 Å². The molecule has 140 valence electrons. The molecule has 0 atom stereocenters. The summed E-state index contributed by atoms with van der Waals surface area (Å²) in [6, 6.07) is 31.3. The van der Waals surface area contributed by atoms with Gasteiger partial charge < -0.3 is 0 Å². The van der Waals surface area contributed by atoms with E-state index in [2.05, 4.69) is 87.9 Å². The Balaban J connectivity index is 1.99. The van der Waals surface area contributed by atoms with E-state index < -0.39 is 6.89 Å². The lowest BCUT2D eigenvalue weighted by Crippen LogP contribution is -2.37. The topological polar surface area (TPSA) is 66.9 Å². The molecule has 0 aliphatic carbocycles. The SMILES string of the molecule is N=C1C(=P(c2ccccc2)(c2ccccc2)c2ccccc2)C=Nc2ncnn21. The molecular weight excluding hydrogens is 377 g/mol. The molecule has 1 aliphatic heterocycles. The Bertz CT molecular complexity index is 1150. The van der Waals surface area contributed by atoms with E-state index in [0.717, 1.165) is 5.29 Å². The number of nitrogens with one attached hydrogen (secondary N) is 1. The first kappa shape index (κ1) is 17.5. The van der Waals surface area contributed by atoms with Crippen LogP contribution in [0.2, 0.25) is 0 Å². The summed E-state index contributed by atoms with van der Waals surface area (Å²) in [6.45, 7) is -2.36. The fourth-order valence-corrected chi connectivity index (χ4v) is 8.06. The second-order valence-electron chi connectivity index (χ2n) is 6.64. The molecule has 4 aromatic rings. The highest BCUT2D eigenvalue weighted by molar-refractivity contribution is 7.97. The normalized spacial score (nSPS) is 13.4. The molecule has 6 heteroatoms. The molecular formula is C23H18N5P. The maximum Gasteiger partial charge on any atom is 0.254 e. The molecule has 0 fully saturated rings. The third-order valence-corrected chi connectivity index (χ3v) is 9.35. The van der Waals surface area contributed by atoms with Crippen LogP contribution in [-0.4, -0.2) is 32.1 Å². The monoisotopic (exact) mass is 395 g/mol. The van der Waals surface area contributed by atoms with Gasteiger partial charge in [-0.3, -0.25) is 5.41 Å². The van der Waals surface area contributed by atoms with Crippen molar-refractivity contribution in [3.63, 3.8) is 0 Å². The van der Waals surface area contributed by atoms with Crippen molar-refractivity contribution in [2.45, 2.75) is 0 Å². The summed E-state index contributed by atoms with van der Waals surface area (Å²) in [5, 5.41) is 17.6. The molecule has 5 rings (SSSR count). The van der Waals surface area contributed by atoms with E-state index in [1.807, 2.05) is 24.4 Å². The Hall–Kier alpha value is -3.56. The highest BCUT2D eigenvalue weighted by Crippen LogP contribution is 2.46. The highest BCUT2D eigenvalue weighted by atomic mass is 31.2. The lowest BCUT2D eigenvalue weighted by molar-refractivity contribution is 0.932. The standard InChI is InChI=1S/C23H18N5P/c24-22-21(16-25-23-26-17-27-28(22)23)29(18-10-4-1-5-11-18,19-12-6-2-7-13-19)20-14-8-3-9-15-20/h1-17,24H. The Morgan fingerprint density at radius 3 is 1.66 bits per heavy atom. The molecule has 0 amide bonds. The van der Waals surface area contributed by atoms with Gasteiger partial charge in [-0.05, 0) is 22.8 Å². The Morgan fingerprint density at radius 2 is 1.17 bits per heavy atom. The summed E-state index contributed by atoms with van der Waals surface area (Å²) in [5.74, 6) is 0.753. The van der Waals surface area contributed by atoms with Gasteiger partial charge in [-0.15, -0.1) is 0 Å². The van der Waals surface area contributed by atoms with Crippen LogP contribution in [0.3, 0.4) is 0 Å². The molecule has 0 radical (unpaired) electrons. The van der Waals surface area contributed by atoms with Gasteiger partial charge in [-0.25, -0.2) is 4.99 Å². The minimum atomic E-state index is -2.36. The minimum absolute atomic E-state index is 0.317. The quantitative estimate of drug-likeness (QED) is 0.542. The number of fused-ring (bicyclic) bond motifs is 1. The minimum Gasteiger partial charge on any atom is -0.282 e. The van der Waals surface area contributed by atoms with E-state index in [0.29, 0.717) is 11.8 Å². The Morgan fingerprint density at radius 1 is 0.690 bits per heavy atom. The summed E-state index contributed by atoms with van der Waals surface area (Å²) in [4.78, 5) is 8.70. The molecule has 5 nitrogen and oxygen atoms in total. The number of hydrogen-bond acceptors (Lipinski definition) is 4. The van der Waals surface area contributed by atoms with Gasteiger partial charge in [0.1, 0.15) is 6.33 Å². The van der Waals surface area contributed by atoms with E-state index in [4.69, 9.17) is 5.41 Å². The van der Waals surface area contributed by atoms with Crippen molar-refractivity contribution in [3.05, 3.63) is 97.3 Å². The molecule has 1 N–H and O–H groups in total. The van der Waals surface area contributed by atoms with Crippen LogP contribution in [0.15, 0.2) is 102 Å². The van der Waals surface area contributed by atoms with Crippen LogP contribution in [0.1, 0.15) is 0 Å². The lowest BCUT2D eigenvalue weighted by atomic mass is 10.3. The van der Waals surface area contributed by atoms with E-state index in [1.165, 1.54) is 26.9 Å². The molecule has 0 bridgehead atoms. The predicted molar refractivity (Wildman–Crippen MR) is 121 cm³/mol. The molecule has 0 unspecified atom stereocenters. The maximum atomic E-state index is 9.01. The predicted octanol–water partition coefficient (Wildman–Crippen LogP) is 2.99. The van der Waals surface area contributed by atoms with Crippen molar-refractivity contribution in [2.75, 3.05) is 0 Å². The smallest absolute Gasteiger partial charge is 0.254 e. The molecule has 29 heavy (non-hydrogen) atoms. The van der Waals surface area contributed by atoms with Crippen LogP contribution >= 0.6 is 6.89 Å². The van der Waals surface area contributed by atoms with Gasteiger partial charge in [0, 0.05) is 11.5 Å². The van der Waals surface area contributed by atoms with E-state index >= 15 is 0 Å². The Labute approximate surface area is 168 Å². The molecule has 0 saturated heterocycles. The highest BCUT2D eigenvalue weighted by Gasteiger charge is 2.33. The first-order valence-electron chi connectivity index (χ1n) is 9.28. The number of hydrogen-bond donors (Lipinski definition) is 1. The molecule has 3 aromatic carbocycles. The van der Waals surface area contributed by atoms with Crippen molar-refractivity contribution < 1.29 is 0 Å². The van der Waals surface area contributed by atoms with Gasteiger partial charge in [0.05, 0.1) is 0 Å². The van der Waals surface area contributed by atoms with Crippen molar-refractivity contribution >= 4 is 46.1 Å². The van der Waals surface area contributed by atoms with E-state index in [9.17, 15) is 0 Å². The van der Waals surface area contributed by atoms with Crippen LogP contribution in [0, 0.1) is 5.41 Å². The fourth-order valence-electron chi connectivity index (χ4n) is 3.83. The van der Waals surface area contributed by atoms with Gasteiger partial charge in [0.15, 0.2) is 5.84 Å². The summed E-state index contributed by atoms with van der Waals surface area (Å²) in [7, 11) is 0. The average molecular weight is 395 g/mol. The number of benzene rings is 3. The van der Waals surface area contributed by atoms with Crippen LogP contribution < -0.4 is 15.9 Å². The largest absolute Gasteiger partial charge is 0.282 e. The third-order valence-electron chi connectivity index (χ3n) is 5.08. The number of aliphatic imine (C=N–C) groups is 1.